The summed E-state index contributed by atoms with van der Waals surface area (Å²) >= 11 is 0. The van der Waals surface area contributed by atoms with Crippen molar-refractivity contribution in [3.05, 3.63) is 0 Å². The third-order valence-electron chi connectivity index (χ3n) is 3.06. The lowest BCUT2D eigenvalue weighted by molar-refractivity contribution is -0.907. The zero-order valence-corrected chi connectivity index (χ0v) is 10.7. The highest BCUT2D eigenvalue weighted by Crippen LogP contribution is 1.98. The van der Waals surface area contributed by atoms with Crippen molar-refractivity contribution in [3.63, 3.8) is 0 Å². The lowest BCUT2D eigenvalue weighted by Crippen LogP contribution is -3.15. The second-order valence-electron chi connectivity index (χ2n) is 5.10. The summed E-state index contributed by atoms with van der Waals surface area (Å²) in [4.78, 5) is 25.2. The molecule has 1 saturated heterocycles. The van der Waals surface area contributed by atoms with Gasteiger partial charge in [0.25, 0.3) is 0 Å². The molecular weight excluding hydrogens is 220 g/mol. The maximum absolute atomic E-state index is 11.7. The number of quaternary nitrogens is 1. The minimum atomic E-state index is -1.15. The van der Waals surface area contributed by atoms with E-state index in [2.05, 4.69) is 13.8 Å². The highest BCUT2D eigenvalue weighted by Gasteiger charge is 2.23. The fourth-order valence-corrected chi connectivity index (χ4v) is 2.22. The Kier molecular flexibility index (Phi) is 5.41. The van der Waals surface area contributed by atoms with E-state index in [1.54, 1.807) is 4.90 Å². The summed E-state index contributed by atoms with van der Waals surface area (Å²) in [6.45, 7) is 8.96. The highest BCUT2D eigenvalue weighted by atomic mass is 16.4. The number of carbonyl (C=O) groups is 2. The predicted octanol–water partition coefficient (Wildman–Crippen LogP) is -2.10. The number of nitrogens with zero attached hydrogens (tertiary/aromatic N) is 1. The molecule has 0 bridgehead atoms. The van der Waals surface area contributed by atoms with Gasteiger partial charge in [-0.15, -0.1) is 0 Å². The number of aliphatic carboxylic acids is 1. The summed E-state index contributed by atoms with van der Waals surface area (Å²) in [5, 5.41) is 10.3. The normalized spacial score (nSPS) is 17.5. The molecule has 0 saturated carbocycles. The molecule has 17 heavy (non-hydrogen) atoms. The Bertz CT molecular complexity index is 271. The van der Waals surface area contributed by atoms with Gasteiger partial charge in [-0.25, -0.2) is 0 Å². The summed E-state index contributed by atoms with van der Waals surface area (Å²) in [5.74, 6) is -0.537. The molecule has 1 heterocycles. The molecule has 1 amide bonds. The number of amides is 1. The van der Waals surface area contributed by atoms with Gasteiger partial charge in [0, 0.05) is 18.3 Å². The number of rotatable bonds is 5. The predicted molar refractivity (Wildman–Crippen MR) is 61.2 cm³/mol. The lowest BCUT2D eigenvalue weighted by Gasteiger charge is -2.33. The van der Waals surface area contributed by atoms with Crippen molar-refractivity contribution in [2.24, 2.45) is 5.92 Å². The molecule has 0 atom stereocenters. The quantitative estimate of drug-likeness (QED) is 0.600. The van der Waals surface area contributed by atoms with E-state index in [-0.39, 0.29) is 18.7 Å². The minimum absolute atomic E-state index is 0.0576. The van der Waals surface area contributed by atoms with E-state index < -0.39 is 5.97 Å². The van der Waals surface area contributed by atoms with Gasteiger partial charge >= 0.3 is 0 Å². The summed E-state index contributed by atoms with van der Waals surface area (Å²) in [5.41, 5.74) is 0. The highest BCUT2D eigenvalue weighted by molar-refractivity contribution is 5.80. The Balaban J connectivity index is 2.26. The molecule has 1 rings (SSSR count). The molecule has 1 aliphatic heterocycles. The van der Waals surface area contributed by atoms with E-state index in [4.69, 9.17) is 0 Å². The molecule has 98 valence electrons. The topological polar surface area (TPSA) is 64.9 Å². The van der Waals surface area contributed by atoms with Gasteiger partial charge in [-0.2, -0.15) is 0 Å². The number of piperazine rings is 1. The molecule has 0 radical (unpaired) electrons. The first kappa shape index (κ1) is 14.0. The first-order valence-electron chi connectivity index (χ1n) is 6.30. The Morgan fingerprint density at radius 1 is 1.24 bits per heavy atom. The molecule has 0 unspecified atom stereocenters. The zero-order valence-electron chi connectivity index (χ0n) is 10.7. The van der Waals surface area contributed by atoms with Crippen LogP contribution in [-0.2, 0) is 9.59 Å². The number of carboxylic acids is 1. The second kappa shape index (κ2) is 6.59. The fraction of sp³-hybridized carbons (Fsp3) is 0.833. The summed E-state index contributed by atoms with van der Waals surface area (Å²) in [6.07, 6.45) is -0.0975. The Morgan fingerprint density at radius 2 is 1.82 bits per heavy atom. The van der Waals surface area contributed by atoms with Crippen LogP contribution in [0.25, 0.3) is 0 Å². The number of hydrogen-bond donors (Lipinski definition) is 1. The third kappa shape index (κ3) is 5.17. The summed E-state index contributed by atoms with van der Waals surface area (Å²) < 4.78 is 0. The van der Waals surface area contributed by atoms with Crippen LogP contribution < -0.4 is 10.0 Å². The van der Waals surface area contributed by atoms with Crippen molar-refractivity contribution in [2.45, 2.75) is 26.7 Å². The van der Waals surface area contributed by atoms with Crippen molar-refractivity contribution in [2.75, 3.05) is 32.7 Å². The summed E-state index contributed by atoms with van der Waals surface area (Å²) in [6, 6.07) is 0. The third-order valence-corrected chi connectivity index (χ3v) is 3.06. The smallest absolute Gasteiger partial charge is 0.223 e. The van der Waals surface area contributed by atoms with E-state index in [1.807, 2.05) is 0 Å². The van der Waals surface area contributed by atoms with E-state index in [0.29, 0.717) is 5.92 Å². The molecule has 1 N–H and O–H groups in total. The molecular formula is C12H22N2O3. The zero-order chi connectivity index (χ0) is 12.8. The van der Waals surface area contributed by atoms with Gasteiger partial charge in [-0.1, -0.05) is 13.8 Å². The molecule has 0 aliphatic carbocycles. The monoisotopic (exact) mass is 242 g/mol. The standard InChI is InChI=1S/C12H22N2O3/c1-10(2)9-13-5-7-14(8-6-13)11(15)3-4-12(16)17/h10H,3-9H2,1-2H3,(H,16,17). The minimum Gasteiger partial charge on any atom is -0.550 e. The molecule has 0 aromatic carbocycles. The van der Waals surface area contributed by atoms with Crippen molar-refractivity contribution in [3.8, 4) is 0 Å². The van der Waals surface area contributed by atoms with Crippen LogP contribution in [0.2, 0.25) is 0 Å². The Morgan fingerprint density at radius 3 is 2.29 bits per heavy atom. The van der Waals surface area contributed by atoms with Gasteiger partial charge in [0.1, 0.15) is 0 Å². The maximum Gasteiger partial charge on any atom is 0.223 e. The van der Waals surface area contributed by atoms with E-state index in [0.717, 1.165) is 32.7 Å². The van der Waals surface area contributed by atoms with Gasteiger partial charge in [0.05, 0.1) is 32.7 Å². The molecule has 1 aliphatic rings. The molecule has 5 heteroatoms. The fourth-order valence-electron chi connectivity index (χ4n) is 2.22. The average Bonchev–Trinajstić information content (AvgIpc) is 2.26. The summed E-state index contributed by atoms with van der Waals surface area (Å²) in [7, 11) is 0. The van der Waals surface area contributed by atoms with E-state index >= 15 is 0 Å². The number of carboxylic acid groups (broad SMARTS) is 1. The van der Waals surface area contributed by atoms with Gasteiger partial charge < -0.3 is 19.7 Å². The average molecular weight is 242 g/mol. The van der Waals surface area contributed by atoms with Crippen LogP contribution in [0, 0.1) is 5.92 Å². The SMILES string of the molecule is CC(C)C[NH+]1CCN(C(=O)CCC(=O)[O-])CC1. The van der Waals surface area contributed by atoms with Crippen LogP contribution in [-0.4, -0.2) is 49.5 Å². The van der Waals surface area contributed by atoms with Crippen LogP contribution in [0.5, 0.6) is 0 Å². The van der Waals surface area contributed by atoms with Crippen molar-refractivity contribution < 1.29 is 19.6 Å². The Hall–Kier alpha value is -1.10. The van der Waals surface area contributed by atoms with Crippen molar-refractivity contribution in [1.29, 1.82) is 0 Å². The van der Waals surface area contributed by atoms with E-state index in [1.165, 1.54) is 4.90 Å². The molecule has 0 aromatic rings. The van der Waals surface area contributed by atoms with Crippen LogP contribution in [0.4, 0.5) is 0 Å². The van der Waals surface area contributed by atoms with Gasteiger partial charge in [-0.3, -0.25) is 4.79 Å². The van der Waals surface area contributed by atoms with Crippen molar-refractivity contribution >= 4 is 11.9 Å². The van der Waals surface area contributed by atoms with Gasteiger partial charge in [0.15, 0.2) is 0 Å². The van der Waals surface area contributed by atoms with Crippen molar-refractivity contribution in [1.82, 2.24) is 4.90 Å². The number of hydrogen-bond acceptors (Lipinski definition) is 3. The lowest BCUT2D eigenvalue weighted by atomic mass is 10.2. The largest absolute Gasteiger partial charge is 0.550 e. The second-order valence-corrected chi connectivity index (χ2v) is 5.10. The van der Waals surface area contributed by atoms with Gasteiger partial charge in [0.2, 0.25) is 5.91 Å². The van der Waals surface area contributed by atoms with Crippen LogP contribution >= 0.6 is 0 Å². The van der Waals surface area contributed by atoms with Crippen LogP contribution in [0.3, 0.4) is 0 Å². The van der Waals surface area contributed by atoms with E-state index in [9.17, 15) is 14.7 Å². The first-order valence-corrected chi connectivity index (χ1v) is 6.30. The molecule has 5 nitrogen and oxygen atoms in total. The molecule has 1 fully saturated rings. The van der Waals surface area contributed by atoms with Crippen LogP contribution in [0.15, 0.2) is 0 Å². The number of nitrogens with one attached hydrogen (secondary N) is 1. The number of carbonyl (C=O) groups excluding carboxylic acids is 2. The van der Waals surface area contributed by atoms with Crippen LogP contribution in [0.1, 0.15) is 26.7 Å². The Labute approximate surface area is 102 Å². The molecule has 0 spiro atoms. The maximum atomic E-state index is 11.7. The van der Waals surface area contributed by atoms with Gasteiger partial charge in [-0.05, 0) is 6.42 Å². The molecule has 0 aromatic heterocycles. The first-order chi connectivity index (χ1) is 7.99.